The molecule has 6 nitrogen and oxygen atoms in total. The summed E-state index contributed by atoms with van der Waals surface area (Å²) in [4.78, 5) is 22.6. The average molecular weight is 323 g/mol. The third-order valence-corrected chi connectivity index (χ3v) is 4.45. The summed E-state index contributed by atoms with van der Waals surface area (Å²) in [6.45, 7) is 2.07. The molecule has 4 rings (SSSR count). The Balaban J connectivity index is 1.82. The largest absolute Gasteiger partial charge is 0.356 e. The smallest absolute Gasteiger partial charge is 0.221 e. The molecule has 0 radical (unpaired) electrons. The van der Waals surface area contributed by atoms with Crippen molar-refractivity contribution in [2.75, 3.05) is 11.9 Å². The number of benzene rings is 2. The minimum absolute atomic E-state index is 0.0869. The second-order valence-electron chi connectivity index (χ2n) is 6.16. The number of nitrogens with zero attached hydrogens (tertiary/aromatic N) is 1. The van der Waals surface area contributed by atoms with Crippen molar-refractivity contribution >= 4 is 39.2 Å². The van der Waals surface area contributed by atoms with Crippen molar-refractivity contribution in [2.24, 2.45) is 0 Å². The summed E-state index contributed by atoms with van der Waals surface area (Å²) in [6.07, 6.45) is 1.28. The number of aromatic nitrogens is 1. The van der Waals surface area contributed by atoms with E-state index in [2.05, 4.69) is 15.8 Å². The van der Waals surface area contributed by atoms with E-state index in [4.69, 9.17) is 4.52 Å². The summed E-state index contributed by atoms with van der Waals surface area (Å²) in [7, 11) is 0. The molecule has 1 saturated heterocycles. The molecule has 2 N–H and O–H groups in total. The molecule has 24 heavy (non-hydrogen) atoms. The fourth-order valence-electron chi connectivity index (χ4n) is 3.32. The van der Waals surface area contributed by atoms with Gasteiger partial charge in [0.1, 0.15) is 0 Å². The first-order chi connectivity index (χ1) is 11.6. The lowest BCUT2D eigenvalue weighted by molar-refractivity contribution is -0.122. The lowest BCUT2D eigenvalue weighted by Gasteiger charge is -2.20. The number of rotatable bonds is 2. The van der Waals surface area contributed by atoms with Gasteiger partial charge in [0, 0.05) is 31.5 Å². The number of piperidine rings is 1. The van der Waals surface area contributed by atoms with Gasteiger partial charge in [0.2, 0.25) is 11.8 Å². The van der Waals surface area contributed by atoms with Crippen molar-refractivity contribution < 1.29 is 14.1 Å². The molecule has 2 amide bonds. The Kier molecular flexibility index (Phi) is 3.45. The molecular formula is C18H17N3O3. The molecule has 6 heteroatoms. The zero-order valence-corrected chi connectivity index (χ0v) is 13.3. The molecule has 2 aromatic carbocycles. The highest BCUT2D eigenvalue weighted by Crippen LogP contribution is 2.35. The fraction of sp³-hybridized carbons (Fsp3) is 0.278. The Morgan fingerprint density at radius 2 is 2.21 bits per heavy atom. The quantitative estimate of drug-likeness (QED) is 0.759. The number of fused-ring (bicyclic) bond motifs is 3. The molecule has 0 unspecified atom stereocenters. The molecular weight excluding hydrogens is 306 g/mol. The molecule has 1 fully saturated rings. The molecule has 3 aromatic rings. The summed E-state index contributed by atoms with van der Waals surface area (Å²) in [5.74, 6) is 0.146. The van der Waals surface area contributed by atoms with E-state index in [9.17, 15) is 9.59 Å². The highest BCUT2D eigenvalue weighted by atomic mass is 16.5. The minimum Gasteiger partial charge on any atom is -0.356 e. The third-order valence-electron chi connectivity index (χ3n) is 4.45. The molecule has 1 aliphatic rings. The van der Waals surface area contributed by atoms with Crippen LogP contribution in [0.3, 0.4) is 0 Å². The van der Waals surface area contributed by atoms with Crippen LogP contribution in [0.5, 0.6) is 0 Å². The average Bonchev–Trinajstić information content (AvgIpc) is 2.99. The lowest BCUT2D eigenvalue weighted by Crippen LogP contribution is -2.33. The van der Waals surface area contributed by atoms with Gasteiger partial charge >= 0.3 is 0 Å². The summed E-state index contributed by atoms with van der Waals surface area (Å²) < 4.78 is 5.50. The first-order valence-corrected chi connectivity index (χ1v) is 7.98. The molecule has 0 saturated carbocycles. The van der Waals surface area contributed by atoms with Crippen molar-refractivity contribution in [3.8, 4) is 0 Å². The van der Waals surface area contributed by atoms with E-state index in [0.717, 1.165) is 39.5 Å². The van der Waals surface area contributed by atoms with Crippen molar-refractivity contribution in [2.45, 2.75) is 25.7 Å². The van der Waals surface area contributed by atoms with Crippen molar-refractivity contribution in [1.29, 1.82) is 0 Å². The maximum Gasteiger partial charge on any atom is 0.221 e. The second-order valence-corrected chi connectivity index (χ2v) is 6.16. The Morgan fingerprint density at radius 1 is 1.33 bits per heavy atom. The Labute approximate surface area is 138 Å². The summed E-state index contributed by atoms with van der Waals surface area (Å²) >= 11 is 0. The predicted octanol–water partition coefficient (Wildman–Crippen LogP) is 2.93. The standard InChI is InChI=1S/C18H17N3O3/c1-10(22)20-13-4-5-14-11(8-13)2-6-15-17(14)18(21-24-15)12-3-7-16(23)19-9-12/h2,4-6,8,12H,3,7,9H2,1H3,(H,19,23)(H,20,22)/t12-/m0/s1. The van der Waals surface area contributed by atoms with Crippen LogP contribution in [0.2, 0.25) is 0 Å². The maximum absolute atomic E-state index is 11.4. The number of nitrogens with one attached hydrogen (secondary N) is 2. The SMILES string of the molecule is CC(=O)Nc1ccc2c(ccc3onc([C@H]4CCC(=O)NC4)c32)c1. The first kappa shape index (κ1) is 14.7. The van der Waals surface area contributed by atoms with Gasteiger partial charge in [0.25, 0.3) is 0 Å². The summed E-state index contributed by atoms with van der Waals surface area (Å²) in [5, 5.41) is 13.0. The molecule has 1 atom stereocenters. The second kappa shape index (κ2) is 5.63. The molecule has 1 aromatic heterocycles. The first-order valence-electron chi connectivity index (χ1n) is 7.98. The summed E-state index contributed by atoms with van der Waals surface area (Å²) in [5.41, 5.74) is 2.39. The number of carbonyl (C=O) groups excluding carboxylic acids is 2. The molecule has 0 spiro atoms. The number of anilines is 1. The van der Waals surface area contributed by atoms with Crippen LogP contribution in [0, 0.1) is 0 Å². The molecule has 0 bridgehead atoms. The zero-order chi connectivity index (χ0) is 16.7. The van der Waals surface area contributed by atoms with Crippen LogP contribution in [0.4, 0.5) is 5.69 Å². The van der Waals surface area contributed by atoms with Crippen LogP contribution in [-0.4, -0.2) is 23.5 Å². The van der Waals surface area contributed by atoms with Gasteiger partial charge in [-0.3, -0.25) is 9.59 Å². The number of carbonyl (C=O) groups is 2. The van der Waals surface area contributed by atoms with Crippen LogP contribution < -0.4 is 10.6 Å². The van der Waals surface area contributed by atoms with E-state index in [1.54, 1.807) is 0 Å². The van der Waals surface area contributed by atoms with Crippen molar-refractivity contribution in [3.05, 3.63) is 36.0 Å². The van der Waals surface area contributed by atoms with Crippen LogP contribution >= 0.6 is 0 Å². The predicted molar refractivity (Wildman–Crippen MR) is 90.8 cm³/mol. The normalized spacial score (nSPS) is 17.9. The van der Waals surface area contributed by atoms with Crippen LogP contribution in [0.15, 0.2) is 34.9 Å². The topological polar surface area (TPSA) is 84.2 Å². The minimum atomic E-state index is -0.0981. The molecule has 122 valence electrons. The van der Waals surface area contributed by atoms with Gasteiger partial charge in [0.15, 0.2) is 5.58 Å². The van der Waals surface area contributed by atoms with Crippen LogP contribution in [0.25, 0.3) is 21.7 Å². The fourth-order valence-corrected chi connectivity index (χ4v) is 3.32. The molecule has 1 aliphatic heterocycles. The van der Waals surface area contributed by atoms with Gasteiger partial charge in [-0.1, -0.05) is 17.3 Å². The Bertz CT molecular complexity index is 951. The van der Waals surface area contributed by atoms with E-state index in [1.165, 1.54) is 6.92 Å². The Hall–Kier alpha value is -2.89. The van der Waals surface area contributed by atoms with Gasteiger partial charge in [0.05, 0.1) is 11.1 Å². The lowest BCUT2D eigenvalue weighted by atomic mass is 9.92. The van der Waals surface area contributed by atoms with Crippen molar-refractivity contribution in [3.63, 3.8) is 0 Å². The van der Waals surface area contributed by atoms with E-state index in [-0.39, 0.29) is 17.7 Å². The maximum atomic E-state index is 11.4. The van der Waals surface area contributed by atoms with Gasteiger partial charge in [-0.25, -0.2) is 0 Å². The van der Waals surface area contributed by atoms with Gasteiger partial charge in [-0.15, -0.1) is 0 Å². The van der Waals surface area contributed by atoms with E-state index in [1.807, 2.05) is 30.3 Å². The van der Waals surface area contributed by atoms with Gasteiger partial charge in [-0.05, 0) is 35.4 Å². The third kappa shape index (κ3) is 2.50. The number of hydrogen-bond acceptors (Lipinski definition) is 4. The van der Waals surface area contributed by atoms with E-state index >= 15 is 0 Å². The van der Waals surface area contributed by atoms with Crippen molar-refractivity contribution in [1.82, 2.24) is 10.5 Å². The van der Waals surface area contributed by atoms with Crippen LogP contribution in [-0.2, 0) is 9.59 Å². The highest BCUT2D eigenvalue weighted by Gasteiger charge is 2.25. The number of amides is 2. The molecule has 0 aliphatic carbocycles. The van der Waals surface area contributed by atoms with Gasteiger partial charge in [-0.2, -0.15) is 0 Å². The van der Waals surface area contributed by atoms with Gasteiger partial charge < -0.3 is 15.2 Å². The van der Waals surface area contributed by atoms with E-state index in [0.29, 0.717) is 13.0 Å². The van der Waals surface area contributed by atoms with Crippen LogP contribution in [0.1, 0.15) is 31.4 Å². The summed E-state index contributed by atoms with van der Waals surface area (Å²) in [6, 6.07) is 9.65. The highest BCUT2D eigenvalue weighted by molar-refractivity contribution is 6.08. The molecule has 2 heterocycles. The Morgan fingerprint density at radius 3 is 2.96 bits per heavy atom. The van der Waals surface area contributed by atoms with E-state index < -0.39 is 0 Å². The zero-order valence-electron chi connectivity index (χ0n) is 13.3. The monoisotopic (exact) mass is 323 g/mol. The number of hydrogen-bond donors (Lipinski definition) is 2.